The van der Waals surface area contributed by atoms with Gasteiger partial charge in [-0.05, 0) is 12.1 Å². The van der Waals surface area contributed by atoms with Gasteiger partial charge in [-0.2, -0.15) is 0 Å². The predicted octanol–water partition coefficient (Wildman–Crippen LogP) is 2.11. The first-order valence-corrected chi connectivity index (χ1v) is 5.34. The lowest BCUT2D eigenvalue weighted by atomic mass is 10.2. The van der Waals surface area contributed by atoms with Crippen LogP contribution in [-0.2, 0) is 4.74 Å². The van der Waals surface area contributed by atoms with Crippen LogP contribution in [0.1, 0.15) is 16.8 Å². The number of nitrogen functional groups attached to an aromatic ring is 1. The number of anilines is 1. The van der Waals surface area contributed by atoms with E-state index in [0.717, 1.165) is 0 Å². The summed E-state index contributed by atoms with van der Waals surface area (Å²) in [6.07, 6.45) is 0.374. The monoisotopic (exact) mass is 263 g/mol. The summed E-state index contributed by atoms with van der Waals surface area (Å²) in [6, 6.07) is 2.85. The molecule has 0 saturated heterocycles. The molecular formula is C10H11Cl2NO3. The number of ether oxygens (including phenoxy) is 1. The summed E-state index contributed by atoms with van der Waals surface area (Å²) >= 11 is 11.6. The van der Waals surface area contributed by atoms with Crippen molar-refractivity contribution < 1.29 is 14.6 Å². The molecule has 88 valence electrons. The fourth-order valence-corrected chi connectivity index (χ4v) is 1.48. The molecule has 3 N–H and O–H groups in total. The maximum atomic E-state index is 11.5. The molecule has 0 aliphatic rings. The summed E-state index contributed by atoms with van der Waals surface area (Å²) in [7, 11) is 0. The molecule has 1 rings (SSSR count). The Labute approximate surface area is 103 Å². The number of aliphatic hydroxyl groups excluding tert-OH is 1. The fraction of sp³-hybridized carbons (Fsp3) is 0.300. The lowest BCUT2D eigenvalue weighted by Crippen LogP contribution is -2.08. The summed E-state index contributed by atoms with van der Waals surface area (Å²) in [4.78, 5) is 11.5. The highest BCUT2D eigenvalue weighted by molar-refractivity contribution is 6.44. The van der Waals surface area contributed by atoms with Crippen molar-refractivity contribution in [2.24, 2.45) is 0 Å². The number of esters is 1. The van der Waals surface area contributed by atoms with E-state index in [1.165, 1.54) is 12.1 Å². The van der Waals surface area contributed by atoms with Crippen molar-refractivity contribution in [2.45, 2.75) is 6.42 Å². The van der Waals surface area contributed by atoms with Crippen LogP contribution >= 0.6 is 23.2 Å². The number of aliphatic hydroxyl groups is 1. The van der Waals surface area contributed by atoms with E-state index < -0.39 is 5.97 Å². The van der Waals surface area contributed by atoms with Crippen molar-refractivity contribution in [3.8, 4) is 0 Å². The van der Waals surface area contributed by atoms with Gasteiger partial charge in [0.05, 0.1) is 22.2 Å². The zero-order valence-electron chi connectivity index (χ0n) is 8.37. The maximum absolute atomic E-state index is 11.5. The first-order valence-electron chi connectivity index (χ1n) is 4.58. The average molecular weight is 264 g/mol. The van der Waals surface area contributed by atoms with Crippen molar-refractivity contribution in [3.63, 3.8) is 0 Å². The molecule has 16 heavy (non-hydrogen) atoms. The minimum atomic E-state index is -0.604. The van der Waals surface area contributed by atoms with Crippen LogP contribution in [0.15, 0.2) is 12.1 Å². The van der Waals surface area contributed by atoms with Crippen LogP contribution in [0.3, 0.4) is 0 Å². The molecule has 0 atom stereocenters. The van der Waals surface area contributed by atoms with E-state index in [-0.39, 0.29) is 28.8 Å². The molecule has 0 bridgehead atoms. The highest BCUT2D eigenvalue weighted by Crippen LogP contribution is 2.29. The van der Waals surface area contributed by atoms with Gasteiger partial charge in [0.2, 0.25) is 0 Å². The number of carbonyl (C=O) groups is 1. The molecule has 0 fully saturated rings. The highest BCUT2D eigenvalue weighted by Gasteiger charge is 2.15. The van der Waals surface area contributed by atoms with Gasteiger partial charge in [0.15, 0.2) is 0 Å². The van der Waals surface area contributed by atoms with Gasteiger partial charge in [-0.15, -0.1) is 0 Å². The van der Waals surface area contributed by atoms with E-state index in [1.807, 2.05) is 0 Å². The molecular weight excluding hydrogens is 253 g/mol. The minimum absolute atomic E-state index is 0.0430. The van der Waals surface area contributed by atoms with Crippen molar-refractivity contribution in [1.82, 2.24) is 0 Å². The van der Waals surface area contributed by atoms with E-state index in [9.17, 15) is 4.79 Å². The second-order valence-electron chi connectivity index (χ2n) is 3.08. The van der Waals surface area contributed by atoms with Crippen LogP contribution in [0.5, 0.6) is 0 Å². The predicted molar refractivity (Wildman–Crippen MR) is 62.9 cm³/mol. The van der Waals surface area contributed by atoms with E-state index in [0.29, 0.717) is 12.1 Å². The Morgan fingerprint density at radius 2 is 2.12 bits per heavy atom. The van der Waals surface area contributed by atoms with E-state index in [2.05, 4.69) is 0 Å². The number of carbonyl (C=O) groups excluding carboxylic acids is 1. The first-order chi connectivity index (χ1) is 7.56. The van der Waals surface area contributed by atoms with Crippen LogP contribution in [0.2, 0.25) is 10.0 Å². The third kappa shape index (κ3) is 3.27. The topological polar surface area (TPSA) is 72.6 Å². The van der Waals surface area contributed by atoms with Gasteiger partial charge in [0.1, 0.15) is 0 Å². The minimum Gasteiger partial charge on any atom is -0.462 e. The van der Waals surface area contributed by atoms with Gasteiger partial charge in [-0.1, -0.05) is 23.2 Å². The van der Waals surface area contributed by atoms with Gasteiger partial charge in [0.25, 0.3) is 0 Å². The Kier molecular flexibility index (Phi) is 4.86. The quantitative estimate of drug-likeness (QED) is 0.496. The second-order valence-corrected chi connectivity index (χ2v) is 3.86. The smallest absolute Gasteiger partial charge is 0.339 e. The molecule has 0 aliphatic carbocycles. The van der Waals surface area contributed by atoms with Gasteiger partial charge in [-0.3, -0.25) is 0 Å². The van der Waals surface area contributed by atoms with Crippen molar-refractivity contribution in [2.75, 3.05) is 18.9 Å². The van der Waals surface area contributed by atoms with Crippen molar-refractivity contribution >= 4 is 34.9 Å². The zero-order valence-corrected chi connectivity index (χ0v) is 9.88. The Bertz CT molecular complexity index is 396. The third-order valence-electron chi connectivity index (χ3n) is 1.81. The molecule has 6 heteroatoms. The lowest BCUT2D eigenvalue weighted by molar-refractivity contribution is 0.0482. The molecule has 0 radical (unpaired) electrons. The molecule has 0 aliphatic heterocycles. The number of nitrogens with two attached hydrogens (primary N) is 1. The summed E-state index contributed by atoms with van der Waals surface area (Å²) in [5, 5.41) is 8.85. The second kappa shape index (κ2) is 5.94. The Morgan fingerprint density at radius 1 is 1.44 bits per heavy atom. The highest BCUT2D eigenvalue weighted by atomic mass is 35.5. The van der Waals surface area contributed by atoms with E-state index in [4.69, 9.17) is 38.8 Å². The van der Waals surface area contributed by atoms with Crippen LogP contribution < -0.4 is 5.73 Å². The molecule has 0 heterocycles. The zero-order chi connectivity index (χ0) is 12.1. The maximum Gasteiger partial charge on any atom is 0.339 e. The number of hydrogen-bond donors (Lipinski definition) is 2. The van der Waals surface area contributed by atoms with Crippen LogP contribution in [-0.4, -0.2) is 24.3 Å². The number of rotatable bonds is 4. The van der Waals surface area contributed by atoms with Gasteiger partial charge >= 0.3 is 5.97 Å². The largest absolute Gasteiger partial charge is 0.462 e. The van der Waals surface area contributed by atoms with Crippen molar-refractivity contribution in [1.29, 1.82) is 0 Å². The SMILES string of the molecule is Nc1cc(Cl)c(Cl)c(C(=O)OCCCO)c1. The number of halogens is 2. The molecule has 0 amide bonds. The van der Waals surface area contributed by atoms with Crippen LogP contribution in [0.4, 0.5) is 5.69 Å². The number of benzene rings is 1. The Balaban J connectivity index is 2.82. The molecule has 0 saturated carbocycles. The average Bonchev–Trinajstić information content (AvgIpc) is 2.23. The van der Waals surface area contributed by atoms with Gasteiger partial charge in [-0.25, -0.2) is 4.79 Å². The summed E-state index contributed by atoms with van der Waals surface area (Å²) < 4.78 is 4.86. The molecule has 4 nitrogen and oxygen atoms in total. The normalized spacial score (nSPS) is 10.2. The molecule has 0 aromatic heterocycles. The number of hydrogen-bond acceptors (Lipinski definition) is 4. The summed E-state index contributed by atoms with van der Waals surface area (Å²) in [6.45, 7) is 0.0801. The molecule has 1 aromatic carbocycles. The van der Waals surface area contributed by atoms with Crippen LogP contribution in [0.25, 0.3) is 0 Å². The fourth-order valence-electron chi connectivity index (χ4n) is 1.07. The summed E-state index contributed by atoms with van der Waals surface area (Å²) in [5.41, 5.74) is 6.00. The molecule has 1 aromatic rings. The Hall–Kier alpha value is -0.970. The molecule has 0 unspecified atom stereocenters. The van der Waals surface area contributed by atoms with E-state index in [1.54, 1.807) is 0 Å². The van der Waals surface area contributed by atoms with Crippen LogP contribution in [0, 0.1) is 0 Å². The summed E-state index contributed by atoms with van der Waals surface area (Å²) in [5.74, 6) is -0.604. The van der Waals surface area contributed by atoms with Crippen molar-refractivity contribution in [3.05, 3.63) is 27.7 Å². The Morgan fingerprint density at radius 3 is 2.75 bits per heavy atom. The first kappa shape index (κ1) is 13.1. The van der Waals surface area contributed by atoms with E-state index >= 15 is 0 Å². The third-order valence-corrected chi connectivity index (χ3v) is 2.61. The van der Waals surface area contributed by atoms with Gasteiger partial charge in [0, 0.05) is 18.7 Å². The van der Waals surface area contributed by atoms with Gasteiger partial charge < -0.3 is 15.6 Å². The standard InChI is InChI=1S/C10H11Cl2NO3/c11-8-5-6(13)4-7(9(8)12)10(15)16-3-1-2-14/h4-5,14H,1-3,13H2. The molecule has 0 spiro atoms. The lowest BCUT2D eigenvalue weighted by Gasteiger charge is -2.07.